The summed E-state index contributed by atoms with van der Waals surface area (Å²) >= 11 is 0. The molecule has 2 atom stereocenters. The minimum atomic E-state index is 0.312. The second-order valence-electron chi connectivity index (χ2n) is 5.92. The SMILES string of the molecule is C[C@@H]1CN(c2ccc(N3CCNCC3)cc2)C[C@H](C)O1. The highest BCUT2D eigenvalue weighted by Crippen LogP contribution is 2.24. The van der Waals surface area contributed by atoms with Crippen LogP contribution in [0.5, 0.6) is 0 Å². The number of piperazine rings is 1. The van der Waals surface area contributed by atoms with Crippen molar-refractivity contribution in [3.05, 3.63) is 24.3 Å². The molecule has 2 heterocycles. The number of benzene rings is 1. The largest absolute Gasteiger partial charge is 0.372 e. The highest BCUT2D eigenvalue weighted by Gasteiger charge is 2.22. The number of nitrogens with zero attached hydrogens (tertiary/aromatic N) is 2. The predicted octanol–water partition coefficient (Wildman–Crippen LogP) is 1.71. The summed E-state index contributed by atoms with van der Waals surface area (Å²) in [6.45, 7) is 10.6. The van der Waals surface area contributed by atoms with Crippen LogP contribution in [0.25, 0.3) is 0 Å². The first kappa shape index (κ1) is 13.7. The van der Waals surface area contributed by atoms with Crippen molar-refractivity contribution in [2.45, 2.75) is 26.1 Å². The molecular formula is C16H25N3O. The molecule has 2 aliphatic heterocycles. The lowest BCUT2D eigenvalue weighted by molar-refractivity contribution is -0.00521. The Bertz CT molecular complexity index is 418. The second-order valence-corrected chi connectivity index (χ2v) is 5.92. The van der Waals surface area contributed by atoms with Gasteiger partial charge in [-0.05, 0) is 38.1 Å². The Morgan fingerprint density at radius 1 is 0.900 bits per heavy atom. The molecule has 110 valence electrons. The fourth-order valence-electron chi connectivity index (χ4n) is 3.19. The minimum Gasteiger partial charge on any atom is -0.372 e. The lowest BCUT2D eigenvalue weighted by Crippen LogP contribution is -2.45. The van der Waals surface area contributed by atoms with Crippen molar-refractivity contribution in [3.63, 3.8) is 0 Å². The highest BCUT2D eigenvalue weighted by molar-refractivity contribution is 5.57. The summed E-state index contributed by atoms with van der Waals surface area (Å²) in [7, 11) is 0. The molecule has 0 radical (unpaired) electrons. The Morgan fingerprint density at radius 3 is 1.95 bits per heavy atom. The van der Waals surface area contributed by atoms with Gasteiger partial charge >= 0.3 is 0 Å². The molecule has 2 saturated heterocycles. The molecule has 0 saturated carbocycles. The molecule has 1 aromatic carbocycles. The number of hydrogen-bond donors (Lipinski definition) is 1. The Hall–Kier alpha value is -1.26. The topological polar surface area (TPSA) is 27.7 Å². The van der Waals surface area contributed by atoms with E-state index in [9.17, 15) is 0 Å². The van der Waals surface area contributed by atoms with Crippen LogP contribution >= 0.6 is 0 Å². The van der Waals surface area contributed by atoms with E-state index in [2.05, 4.69) is 53.2 Å². The summed E-state index contributed by atoms with van der Waals surface area (Å²) in [5, 5.41) is 3.39. The molecule has 4 heteroatoms. The summed E-state index contributed by atoms with van der Waals surface area (Å²) in [4.78, 5) is 4.88. The highest BCUT2D eigenvalue weighted by atomic mass is 16.5. The molecule has 0 aliphatic carbocycles. The van der Waals surface area contributed by atoms with Gasteiger partial charge in [-0.3, -0.25) is 0 Å². The standard InChI is InChI=1S/C16H25N3O/c1-13-11-19(12-14(2)20-13)16-5-3-15(4-6-16)18-9-7-17-8-10-18/h3-6,13-14,17H,7-12H2,1-2H3/t13-,14+. The van der Waals surface area contributed by atoms with Crippen LogP contribution in [0, 0.1) is 0 Å². The van der Waals surface area contributed by atoms with E-state index in [1.165, 1.54) is 11.4 Å². The molecule has 1 aromatic rings. The molecule has 1 N–H and O–H groups in total. The smallest absolute Gasteiger partial charge is 0.0726 e. The third-order valence-corrected chi connectivity index (χ3v) is 4.12. The Balaban J connectivity index is 1.69. The lowest BCUT2D eigenvalue weighted by atomic mass is 10.1. The molecular weight excluding hydrogens is 250 g/mol. The van der Waals surface area contributed by atoms with Crippen molar-refractivity contribution >= 4 is 11.4 Å². The van der Waals surface area contributed by atoms with E-state index in [0.29, 0.717) is 12.2 Å². The van der Waals surface area contributed by atoms with Crippen molar-refractivity contribution in [3.8, 4) is 0 Å². The zero-order valence-corrected chi connectivity index (χ0v) is 12.5. The number of hydrogen-bond acceptors (Lipinski definition) is 4. The van der Waals surface area contributed by atoms with Crippen molar-refractivity contribution in [2.75, 3.05) is 49.1 Å². The van der Waals surface area contributed by atoms with Gasteiger partial charge in [0.1, 0.15) is 0 Å². The maximum Gasteiger partial charge on any atom is 0.0726 e. The Labute approximate surface area is 121 Å². The average Bonchev–Trinajstić information content (AvgIpc) is 2.47. The van der Waals surface area contributed by atoms with Crippen LogP contribution in [0.4, 0.5) is 11.4 Å². The van der Waals surface area contributed by atoms with Gasteiger partial charge in [-0.15, -0.1) is 0 Å². The predicted molar refractivity (Wildman–Crippen MR) is 83.7 cm³/mol. The first-order valence-electron chi connectivity index (χ1n) is 7.68. The van der Waals surface area contributed by atoms with Crippen molar-refractivity contribution < 1.29 is 4.74 Å². The average molecular weight is 275 g/mol. The first-order valence-corrected chi connectivity index (χ1v) is 7.68. The summed E-state index contributed by atoms with van der Waals surface area (Å²) in [5.74, 6) is 0. The fourth-order valence-corrected chi connectivity index (χ4v) is 3.19. The van der Waals surface area contributed by atoms with Gasteiger partial charge in [0.15, 0.2) is 0 Å². The normalized spacial score (nSPS) is 27.7. The van der Waals surface area contributed by atoms with Gasteiger partial charge in [-0.25, -0.2) is 0 Å². The molecule has 3 rings (SSSR count). The number of morpholine rings is 1. The first-order chi connectivity index (χ1) is 9.72. The molecule has 2 fully saturated rings. The number of ether oxygens (including phenoxy) is 1. The maximum absolute atomic E-state index is 5.80. The van der Waals surface area contributed by atoms with Crippen LogP contribution in [0.2, 0.25) is 0 Å². The Kier molecular flexibility index (Phi) is 4.13. The van der Waals surface area contributed by atoms with E-state index >= 15 is 0 Å². The minimum absolute atomic E-state index is 0.312. The summed E-state index contributed by atoms with van der Waals surface area (Å²) in [5.41, 5.74) is 2.65. The van der Waals surface area contributed by atoms with E-state index in [-0.39, 0.29) is 0 Å². The molecule has 0 spiro atoms. The van der Waals surface area contributed by atoms with Crippen LogP contribution in [0.1, 0.15) is 13.8 Å². The van der Waals surface area contributed by atoms with Crippen LogP contribution in [0.15, 0.2) is 24.3 Å². The molecule has 0 amide bonds. The summed E-state index contributed by atoms with van der Waals surface area (Å²) in [6.07, 6.45) is 0.623. The van der Waals surface area contributed by atoms with E-state index in [0.717, 1.165) is 39.3 Å². The maximum atomic E-state index is 5.80. The van der Waals surface area contributed by atoms with Gasteiger partial charge in [-0.2, -0.15) is 0 Å². The fraction of sp³-hybridized carbons (Fsp3) is 0.625. The van der Waals surface area contributed by atoms with E-state index in [4.69, 9.17) is 4.74 Å². The van der Waals surface area contributed by atoms with Gasteiger partial charge in [0.05, 0.1) is 12.2 Å². The molecule has 0 bridgehead atoms. The van der Waals surface area contributed by atoms with Gasteiger partial charge in [0.25, 0.3) is 0 Å². The van der Waals surface area contributed by atoms with Crippen LogP contribution in [-0.4, -0.2) is 51.5 Å². The second kappa shape index (κ2) is 6.02. The third kappa shape index (κ3) is 3.07. The molecule has 0 aromatic heterocycles. The summed E-state index contributed by atoms with van der Waals surface area (Å²) in [6, 6.07) is 9.02. The molecule has 4 nitrogen and oxygen atoms in total. The number of rotatable bonds is 2. The van der Waals surface area contributed by atoms with Crippen molar-refractivity contribution in [1.82, 2.24) is 5.32 Å². The van der Waals surface area contributed by atoms with E-state index < -0.39 is 0 Å². The number of nitrogens with one attached hydrogen (secondary N) is 1. The van der Waals surface area contributed by atoms with Crippen LogP contribution in [0.3, 0.4) is 0 Å². The molecule has 0 unspecified atom stereocenters. The van der Waals surface area contributed by atoms with Gasteiger partial charge in [0.2, 0.25) is 0 Å². The van der Waals surface area contributed by atoms with E-state index in [1.54, 1.807) is 0 Å². The van der Waals surface area contributed by atoms with Crippen molar-refractivity contribution in [1.29, 1.82) is 0 Å². The number of anilines is 2. The zero-order chi connectivity index (χ0) is 13.9. The van der Waals surface area contributed by atoms with Crippen molar-refractivity contribution in [2.24, 2.45) is 0 Å². The molecule has 2 aliphatic rings. The lowest BCUT2D eigenvalue weighted by Gasteiger charge is -2.37. The van der Waals surface area contributed by atoms with Crippen LogP contribution in [-0.2, 0) is 4.74 Å². The zero-order valence-electron chi connectivity index (χ0n) is 12.5. The monoisotopic (exact) mass is 275 g/mol. The van der Waals surface area contributed by atoms with Gasteiger partial charge < -0.3 is 19.9 Å². The summed E-state index contributed by atoms with van der Waals surface area (Å²) < 4.78 is 5.80. The third-order valence-electron chi connectivity index (χ3n) is 4.12. The van der Waals surface area contributed by atoms with Gasteiger partial charge in [0, 0.05) is 50.6 Å². The molecule has 20 heavy (non-hydrogen) atoms. The van der Waals surface area contributed by atoms with Crippen LogP contribution < -0.4 is 15.1 Å². The Morgan fingerprint density at radius 2 is 1.40 bits per heavy atom. The quantitative estimate of drug-likeness (QED) is 0.889. The van der Waals surface area contributed by atoms with E-state index in [1.807, 2.05) is 0 Å². The van der Waals surface area contributed by atoms with Gasteiger partial charge in [-0.1, -0.05) is 0 Å².